The number of halogens is 1. The highest BCUT2D eigenvalue weighted by Crippen LogP contribution is 2.21. The molecule has 0 saturated carbocycles. The summed E-state index contributed by atoms with van der Waals surface area (Å²) in [6.45, 7) is 8.33. The Labute approximate surface area is 150 Å². The van der Waals surface area contributed by atoms with Crippen molar-refractivity contribution in [3.05, 3.63) is 22.5 Å². The Kier molecular flexibility index (Phi) is 8.50. The molecule has 24 heavy (non-hydrogen) atoms. The van der Waals surface area contributed by atoms with E-state index in [0.717, 1.165) is 43.6 Å². The fourth-order valence-electron chi connectivity index (χ4n) is 3.50. The van der Waals surface area contributed by atoms with Gasteiger partial charge in [0.05, 0.1) is 0 Å². The Morgan fingerprint density at radius 1 is 1.33 bits per heavy atom. The average Bonchev–Trinajstić information content (AvgIpc) is 2.85. The van der Waals surface area contributed by atoms with E-state index in [0.29, 0.717) is 23.7 Å². The molecular formula is C18H30ClN3O2. The summed E-state index contributed by atoms with van der Waals surface area (Å²) in [5.41, 5.74) is 2.92. The third-order valence-corrected chi connectivity index (χ3v) is 4.61. The summed E-state index contributed by atoms with van der Waals surface area (Å²) in [5, 5.41) is 6.41. The van der Waals surface area contributed by atoms with Crippen LogP contribution in [0.2, 0.25) is 0 Å². The van der Waals surface area contributed by atoms with Gasteiger partial charge in [-0.2, -0.15) is 0 Å². The second kappa shape index (κ2) is 9.84. The first kappa shape index (κ1) is 20.7. The lowest BCUT2D eigenvalue weighted by Gasteiger charge is -2.22. The fourth-order valence-corrected chi connectivity index (χ4v) is 3.50. The van der Waals surface area contributed by atoms with Crippen molar-refractivity contribution in [2.75, 3.05) is 19.6 Å². The van der Waals surface area contributed by atoms with E-state index in [9.17, 15) is 9.59 Å². The number of carbonyl (C=O) groups excluding carboxylic acids is 2. The molecule has 136 valence electrons. The van der Waals surface area contributed by atoms with Crippen LogP contribution < -0.4 is 10.6 Å². The summed E-state index contributed by atoms with van der Waals surface area (Å²) >= 11 is 0. The molecule has 5 nitrogen and oxygen atoms in total. The third kappa shape index (κ3) is 5.08. The molecule has 1 amide bonds. The van der Waals surface area contributed by atoms with E-state index < -0.39 is 0 Å². The van der Waals surface area contributed by atoms with Crippen molar-refractivity contribution in [3.8, 4) is 0 Å². The van der Waals surface area contributed by atoms with Crippen molar-refractivity contribution in [1.29, 1.82) is 0 Å². The van der Waals surface area contributed by atoms with Gasteiger partial charge in [-0.25, -0.2) is 0 Å². The van der Waals surface area contributed by atoms with Crippen LogP contribution in [0.15, 0.2) is 0 Å². The SMILES string of the molecule is CCCc1c(C(=O)NCCC2CCCNC2)[nH]c(C)c1C(C)=O.Cl. The topological polar surface area (TPSA) is 74.0 Å². The zero-order valence-corrected chi connectivity index (χ0v) is 15.8. The van der Waals surface area contributed by atoms with Crippen LogP contribution in [0.25, 0.3) is 0 Å². The number of aromatic nitrogens is 1. The quantitative estimate of drug-likeness (QED) is 0.658. The molecule has 0 aliphatic carbocycles. The van der Waals surface area contributed by atoms with Crippen molar-refractivity contribution in [2.24, 2.45) is 5.92 Å². The first-order valence-corrected chi connectivity index (χ1v) is 8.75. The summed E-state index contributed by atoms with van der Waals surface area (Å²) in [5.74, 6) is 0.583. The Balaban J connectivity index is 0.00000288. The molecule has 2 heterocycles. The minimum absolute atomic E-state index is 0. The fraction of sp³-hybridized carbons (Fsp3) is 0.667. The molecule has 1 saturated heterocycles. The molecule has 2 rings (SSSR count). The van der Waals surface area contributed by atoms with Gasteiger partial charge in [-0.1, -0.05) is 13.3 Å². The summed E-state index contributed by atoms with van der Waals surface area (Å²) < 4.78 is 0. The van der Waals surface area contributed by atoms with E-state index in [1.54, 1.807) is 6.92 Å². The number of nitrogens with one attached hydrogen (secondary N) is 3. The van der Waals surface area contributed by atoms with E-state index in [-0.39, 0.29) is 24.1 Å². The van der Waals surface area contributed by atoms with Crippen molar-refractivity contribution in [2.45, 2.75) is 52.9 Å². The maximum atomic E-state index is 12.5. The summed E-state index contributed by atoms with van der Waals surface area (Å²) in [7, 11) is 0. The molecule has 0 radical (unpaired) electrons. The molecule has 1 aromatic rings. The van der Waals surface area contributed by atoms with Crippen LogP contribution in [0, 0.1) is 12.8 Å². The average molecular weight is 356 g/mol. The molecule has 0 spiro atoms. The number of ketones is 1. The van der Waals surface area contributed by atoms with E-state index in [1.165, 1.54) is 12.8 Å². The van der Waals surface area contributed by atoms with Gasteiger partial charge in [0, 0.05) is 17.8 Å². The monoisotopic (exact) mass is 355 g/mol. The van der Waals surface area contributed by atoms with Gasteiger partial charge in [0.2, 0.25) is 0 Å². The molecule has 1 fully saturated rings. The molecule has 3 N–H and O–H groups in total. The van der Waals surface area contributed by atoms with Gasteiger partial charge in [0.15, 0.2) is 5.78 Å². The van der Waals surface area contributed by atoms with E-state index >= 15 is 0 Å². The highest BCUT2D eigenvalue weighted by Gasteiger charge is 2.22. The van der Waals surface area contributed by atoms with Gasteiger partial charge in [0.25, 0.3) is 5.91 Å². The first-order chi connectivity index (χ1) is 11.0. The number of aromatic amines is 1. The van der Waals surface area contributed by atoms with Crippen LogP contribution >= 0.6 is 12.4 Å². The van der Waals surface area contributed by atoms with Gasteiger partial charge in [-0.3, -0.25) is 9.59 Å². The number of carbonyl (C=O) groups is 2. The Hall–Kier alpha value is -1.33. The van der Waals surface area contributed by atoms with E-state index in [4.69, 9.17) is 0 Å². The van der Waals surface area contributed by atoms with Crippen LogP contribution in [-0.4, -0.2) is 36.3 Å². The predicted octanol–water partition coefficient (Wildman–Crippen LogP) is 3.02. The van der Waals surface area contributed by atoms with Crippen molar-refractivity contribution in [3.63, 3.8) is 0 Å². The largest absolute Gasteiger partial charge is 0.354 e. The zero-order valence-electron chi connectivity index (χ0n) is 15.0. The minimum atomic E-state index is -0.0900. The van der Waals surface area contributed by atoms with Crippen LogP contribution in [0.1, 0.15) is 71.6 Å². The molecule has 6 heteroatoms. The third-order valence-electron chi connectivity index (χ3n) is 4.61. The lowest BCUT2D eigenvalue weighted by atomic mass is 9.96. The number of aryl methyl sites for hydroxylation is 1. The minimum Gasteiger partial charge on any atom is -0.354 e. The maximum absolute atomic E-state index is 12.5. The number of Topliss-reactive ketones (excluding diaryl/α,β-unsaturated/α-hetero) is 1. The lowest BCUT2D eigenvalue weighted by molar-refractivity contribution is 0.0945. The smallest absolute Gasteiger partial charge is 0.268 e. The number of hydrogen-bond acceptors (Lipinski definition) is 3. The predicted molar refractivity (Wildman–Crippen MR) is 99.3 cm³/mol. The van der Waals surface area contributed by atoms with Crippen molar-refractivity contribution >= 4 is 24.1 Å². The van der Waals surface area contributed by atoms with Gasteiger partial charge >= 0.3 is 0 Å². The van der Waals surface area contributed by atoms with Crippen LogP contribution in [0.4, 0.5) is 0 Å². The summed E-state index contributed by atoms with van der Waals surface area (Å²) in [4.78, 5) is 27.5. The van der Waals surface area contributed by atoms with Crippen LogP contribution in [0.3, 0.4) is 0 Å². The molecule has 0 aromatic carbocycles. The molecule has 1 aliphatic heterocycles. The summed E-state index contributed by atoms with van der Waals surface area (Å²) in [6, 6.07) is 0. The zero-order chi connectivity index (χ0) is 16.8. The second-order valence-electron chi connectivity index (χ2n) is 6.54. The van der Waals surface area contributed by atoms with Gasteiger partial charge < -0.3 is 15.6 Å². The Morgan fingerprint density at radius 3 is 2.67 bits per heavy atom. The number of piperidine rings is 1. The van der Waals surface area contributed by atoms with Gasteiger partial charge in [-0.05, 0) is 64.1 Å². The molecular weight excluding hydrogens is 326 g/mol. The summed E-state index contributed by atoms with van der Waals surface area (Å²) in [6.07, 6.45) is 5.11. The number of hydrogen-bond donors (Lipinski definition) is 3. The molecule has 0 bridgehead atoms. The molecule has 1 aliphatic rings. The Morgan fingerprint density at radius 2 is 2.08 bits per heavy atom. The number of amides is 1. The molecule has 1 aromatic heterocycles. The second-order valence-corrected chi connectivity index (χ2v) is 6.54. The van der Waals surface area contributed by atoms with Crippen molar-refractivity contribution in [1.82, 2.24) is 15.6 Å². The highest BCUT2D eigenvalue weighted by molar-refractivity contribution is 6.02. The van der Waals surface area contributed by atoms with Crippen molar-refractivity contribution < 1.29 is 9.59 Å². The normalized spacial score (nSPS) is 17.2. The Bertz CT molecular complexity index is 563. The molecule has 1 unspecified atom stereocenters. The standard InChI is InChI=1S/C18H29N3O2.ClH/c1-4-6-15-16(13(3)22)12(2)21-17(15)18(23)20-10-8-14-7-5-9-19-11-14;/h14,19,21H,4-11H2,1-3H3,(H,20,23);1H. The van der Waals surface area contributed by atoms with Crippen LogP contribution in [0.5, 0.6) is 0 Å². The van der Waals surface area contributed by atoms with E-state index in [1.807, 2.05) is 6.92 Å². The highest BCUT2D eigenvalue weighted by atomic mass is 35.5. The van der Waals surface area contributed by atoms with Gasteiger partial charge in [0.1, 0.15) is 5.69 Å². The van der Waals surface area contributed by atoms with Gasteiger partial charge in [-0.15, -0.1) is 12.4 Å². The van der Waals surface area contributed by atoms with E-state index in [2.05, 4.69) is 22.5 Å². The maximum Gasteiger partial charge on any atom is 0.268 e. The molecule has 1 atom stereocenters. The van der Waals surface area contributed by atoms with Crippen LogP contribution in [-0.2, 0) is 6.42 Å². The number of rotatable bonds is 7. The lowest BCUT2D eigenvalue weighted by Crippen LogP contribution is -2.33. The number of H-pyrrole nitrogens is 1. The first-order valence-electron chi connectivity index (χ1n) is 8.75.